The summed E-state index contributed by atoms with van der Waals surface area (Å²) in [5.41, 5.74) is 6.70. The van der Waals surface area contributed by atoms with E-state index in [2.05, 4.69) is 4.98 Å². The van der Waals surface area contributed by atoms with Crippen LogP contribution in [0.4, 0.5) is 0 Å². The number of aromatic nitrogens is 1. The van der Waals surface area contributed by atoms with Crippen molar-refractivity contribution in [3.63, 3.8) is 0 Å². The summed E-state index contributed by atoms with van der Waals surface area (Å²) in [6.07, 6.45) is 3.52. The van der Waals surface area contributed by atoms with Crippen LogP contribution in [0.5, 0.6) is 0 Å². The van der Waals surface area contributed by atoms with E-state index in [0.717, 1.165) is 11.3 Å². The predicted octanol–water partition coefficient (Wildman–Crippen LogP) is 1.72. The van der Waals surface area contributed by atoms with Crippen molar-refractivity contribution in [2.45, 2.75) is 44.9 Å². The van der Waals surface area contributed by atoms with Crippen LogP contribution in [0.3, 0.4) is 0 Å². The highest BCUT2D eigenvalue weighted by Crippen LogP contribution is 2.36. The van der Waals surface area contributed by atoms with Crippen LogP contribution in [0, 0.1) is 0 Å². The van der Waals surface area contributed by atoms with Crippen LogP contribution < -0.4 is 5.73 Å². The normalized spacial score (nSPS) is 21.9. The van der Waals surface area contributed by atoms with Crippen LogP contribution >= 0.6 is 0 Å². The lowest BCUT2D eigenvalue weighted by molar-refractivity contribution is 0.00578. The molecule has 0 bridgehead atoms. The molecule has 0 saturated carbocycles. The third kappa shape index (κ3) is 3.52. The molecule has 1 aliphatic heterocycles. The Hall–Kier alpha value is -1.21. The Morgan fingerprint density at radius 2 is 1.95 bits per heavy atom. The van der Waals surface area contributed by atoms with Gasteiger partial charge in [-0.25, -0.2) is 0 Å². The van der Waals surface area contributed by atoms with E-state index in [9.17, 15) is 0 Å². The largest absolute Gasteiger partial charge is 0.487 e. The summed E-state index contributed by atoms with van der Waals surface area (Å²) in [4.78, 5) is 4.25. The molecule has 3 N–H and O–H groups in total. The van der Waals surface area contributed by atoms with E-state index in [-0.39, 0.29) is 17.8 Å². The summed E-state index contributed by atoms with van der Waals surface area (Å²) in [5.74, 6) is 1.84. The zero-order valence-electron chi connectivity index (χ0n) is 13.0. The van der Waals surface area contributed by atoms with Gasteiger partial charge < -0.3 is 20.1 Å². The topological polar surface area (TPSA) is 77.6 Å². The van der Waals surface area contributed by atoms with Gasteiger partial charge >= 0.3 is 7.12 Å². The zero-order chi connectivity index (χ0) is 15.7. The maximum atomic E-state index is 9.09. The minimum absolute atomic E-state index is 0.0929. The molecule has 0 aliphatic carbocycles. The summed E-state index contributed by atoms with van der Waals surface area (Å²) in [6, 6.07) is 3.26. The Morgan fingerprint density at radius 3 is 2.52 bits per heavy atom. The van der Waals surface area contributed by atoms with Crippen LogP contribution in [0.2, 0.25) is 0 Å². The van der Waals surface area contributed by atoms with E-state index < -0.39 is 13.2 Å². The van der Waals surface area contributed by atoms with Gasteiger partial charge in [-0.15, -0.1) is 0 Å². The van der Waals surface area contributed by atoms with Gasteiger partial charge in [0.15, 0.2) is 0 Å². The quantitative estimate of drug-likeness (QED) is 0.826. The van der Waals surface area contributed by atoms with E-state index in [1.807, 2.05) is 45.8 Å². The molecular formula is C15H23BN2O3. The van der Waals surface area contributed by atoms with Crippen LogP contribution in [0.15, 0.2) is 24.3 Å². The first-order chi connectivity index (χ1) is 9.75. The molecule has 1 atom stereocenters. The Bertz CT molecular complexity index is 515. The lowest BCUT2D eigenvalue weighted by Gasteiger charge is -2.32. The first-order valence-electron chi connectivity index (χ1n) is 7.11. The smallest absolute Gasteiger partial charge is 0.400 e. The van der Waals surface area contributed by atoms with E-state index >= 15 is 0 Å². The predicted molar refractivity (Wildman–Crippen MR) is 83.4 cm³/mol. The minimum atomic E-state index is -0.396. The average molecular weight is 290 g/mol. The van der Waals surface area contributed by atoms with E-state index in [0.29, 0.717) is 0 Å². The fourth-order valence-corrected chi connectivity index (χ4v) is 2.04. The number of nitrogens with zero attached hydrogens (tertiary/aromatic N) is 1. The van der Waals surface area contributed by atoms with Gasteiger partial charge in [-0.1, -0.05) is 5.98 Å². The van der Waals surface area contributed by atoms with Gasteiger partial charge in [0, 0.05) is 6.20 Å². The second-order valence-corrected chi connectivity index (χ2v) is 6.29. The summed E-state index contributed by atoms with van der Waals surface area (Å²) >= 11 is 0. The van der Waals surface area contributed by atoms with Crippen molar-refractivity contribution >= 4 is 13.2 Å². The van der Waals surface area contributed by atoms with Gasteiger partial charge in [-0.2, -0.15) is 0 Å². The van der Waals surface area contributed by atoms with Crippen LogP contribution in [-0.2, 0) is 9.31 Å². The molecule has 2 heterocycles. The van der Waals surface area contributed by atoms with E-state index in [1.165, 1.54) is 0 Å². The Balaban J connectivity index is 2.09. The Morgan fingerprint density at radius 1 is 1.33 bits per heavy atom. The van der Waals surface area contributed by atoms with Crippen LogP contribution in [0.1, 0.15) is 45.0 Å². The molecule has 0 amide bonds. The fourth-order valence-electron chi connectivity index (χ4n) is 2.04. The van der Waals surface area contributed by atoms with E-state index in [1.54, 1.807) is 12.3 Å². The zero-order valence-corrected chi connectivity index (χ0v) is 13.0. The van der Waals surface area contributed by atoms with Crippen molar-refractivity contribution in [3.05, 3.63) is 35.6 Å². The number of aliphatic hydroxyl groups excluding tert-OH is 1. The van der Waals surface area contributed by atoms with Gasteiger partial charge in [-0.3, -0.25) is 4.98 Å². The molecule has 5 nitrogen and oxygen atoms in total. The number of pyridine rings is 1. The van der Waals surface area contributed by atoms with Crippen LogP contribution in [0.25, 0.3) is 6.08 Å². The highest BCUT2D eigenvalue weighted by Gasteiger charge is 2.49. The molecule has 1 fully saturated rings. The number of hydrogen-bond donors (Lipinski definition) is 2. The van der Waals surface area contributed by atoms with Crippen molar-refractivity contribution in [1.82, 2.24) is 4.98 Å². The molecule has 1 aromatic heterocycles. The summed E-state index contributed by atoms with van der Waals surface area (Å²) in [7, 11) is -0.396. The molecule has 1 aromatic rings. The molecule has 1 aliphatic rings. The molecule has 1 saturated heterocycles. The summed E-state index contributed by atoms with van der Waals surface area (Å²) in [6.45, 7) is 7.96. The van der Waals surface area contributed by atoms with Gasteiger partial charge in [0.1, 0.15) is 0 Å². The summed E-state index contributed by atoms with van der Waals surface area (Å²) < 4.78 is 11.8. The number of nitrogens with two attached hydrogens (primary N) is 1. The van der Waals surface area contributed by atoms with Crippen molar-refractivity contribution < 1.29 is 14.4 Å². The third-order valence-corrected chi connectivity index (χ3v) is 4.13. The Kier molecular flexibility index (Phi) is 4.53. The van der Waals surface area contributed by atoms with Gasteiger partial charge in [0.2, 0.25) is 0 Å². The molecular weight excluding hydrogens is 267 g/mol. The standard InChI is InChI=1S/C15H23BN2O3/c1-14(2)15(3,4)21-16(20-14)7-5-12-9-11(6-8-18-12)13(17)10-19/h5-9,13,19H,10,17H2,1-4H3/b7-5+/t13-/m0/s1. The van der Waals surface area contributed by atoms with Crippen LogP contribution in [-0.4, -0.2) is 35.0 Å². The van der Waals surface area contributed by atoms with Gasteiger partial charge in [0.05, 0.1) is 29.5 Å². The first-order valence-corrected chi connectivity index (χ1v) is 7.11. The average Bonchev–Trinajstić information content (AvgIpc) is 2.64. The molecule has 114 valence electrons. The molecule has 0 spiro atoms. The monoisotopic (exact) mass is 290 g/mol. The van der Waals surface area contributed by atoms with Crippen molar-refractivity contribution in [2.75, 3.05) is 6.61 Å². The Labute approximate surface area is 126 Å². The first kappa shape index (κ1) is 16.2. The highest BCUT2D eigenvalue weighted by atomic mass is 16.7. The fraction of sp³-hybridized carbons (Fsp3) is 0.533. The van der Waals surface area contributed by atoms with Crippen molar-refractivity contribution in [3.8, 4) is 0 Å². The summed E-state index contributed by atoms with van der Waals surface area (Å²) in [5, 5.41) is 9.09. The molecule has 21 heavy (non-hydrogen) atoms. The lowest BCUT2D eigenvalue weighted by atomic mass is 9.89. The molecule has 2 rings (SSSR count). The van der Waals surface area contributed by atoms with Crippen molar-refractivity contribution in [2.24, 2.45) is 5.73 Å². The molecule has 0 aromatic carbocycles. The second-order valence-electron chi connectivity index (χ2n) is 6.29. The lowest BCUT2D eigenvalue weighted by Crippen LogP contribution is -2.41. The van der Waals surface area contributed by atoms with Gasteiger partial charge in [-0.05, 0) is 51.5 Å². The highest BCUT2D eigenvalue weighted by molar-refractivity contribution is 6.52. The number of hydrogen-bond acceptors (Lipinski definition) is 5. The molecule has 6 heteroatoms. The molecule has 0 unspecified atom stereocenters. The minimum Gasteiger partial charge on any atom is -0.400 e. The number of aliphatic hydroxyl groups is 1. The SMILES string of the molecule is CC1(C)OB(/C=C/c2cc([C@@H](N)CO)ccn2)OC1(C)C. The van der Waals surface area contributed by atoms with Gasteiger partial charge in [0.25, 0.3) is 0 Å². The second kappa shape index (κ2) is 5.89. The van der Waals surface area contributed by atoms with Crippen molar-refractivity contribution in [1.29, 1.82) is 0 Å². The maximum Gasteiger partial charge on any atom is 0.487 e. The molecule has 0 radical (unpaired) electrons. The third-order valence-electron chi connectivity index (χ3n) is 4.13. The maximum absolute atomic E-state index is 9.09. The van der Waals surface area contributed by atoms with E-state index in [4.69, 9.17) is 20.1 Å². The number of rotatable bonds is 4.